The highest BCUT2D eigenvalue weighted by molar-refractivity contribution is 8.26. The molecule has 0 unspecified atom stereocenters. The number of carboxylic acid groups (broad SMARTS) is 1. The molecule has 2 aliphatic rings. The first-order chi connectivity index (χ1) is 14.0. The third-order valence-electron chi connectivity index (χ3n) is 4.19. The maximum Gasteiger partial charge on any atom is 0.323 e. The van der Waals surface area contributed by atoms with Gasteiger partial charge < -0.3 is 19.3 Å². The van der Waals surface area contributed by atoms with Crippen LogP contribution in [0.5, 0.6) is 17.2 Å². The number of fused-ring (bicyclic) bond motifs is 1. The third kappa shape index (κ3) is 4.36. The van der Waals surface area contributed by atoms with Crippen molar-refractivity contribution in [3.63, 3.8) is 0 Å². The van der Waals surface area contributed by atoms with Crippen molar-refractivity contribution in [1.29, 1.82) is 0 Å². The van der Waals surface area contributed by atoms with Gasteiger partial charge >= 0.3 is 5.97 Å². The van der Waals surface area contributed by atoms with Crippen LogP contribution in [0.15, 0.2) is 47.4 Å². The average molecular weight is 429 g/mol. The van der Waals surface area contributed by atoms with Gasteiger partial charge in [0.15, 0.2) is 11.5 Å². The molecule has 2 aliphatic heterocycles. The summed E-state index contributed by atoms with van der Waals surface area (Å²) >= 11 is 6.18. The fourth-order valence-electron chi connectivity index (χ4n) is 2.78. The standard InChI is InChI=1S/C20H15NO6S2/c22-18(23)9-21-19(24)17(29-20(21)28)8-12-1-4-14(5-2-12)25-10-13-3-6-15-16(7-13)27-11-26-15/h1-8H,9-11H2,(H,22,23). The summed E-state index contributed by atoms with van der Waals surface area (Å²) < 4.78 is 16.7. The topological polar surface area (TPSA) is 85.3 Å². The normalized spacial score (nSPS) is 16.6. The Hall–Kier alpha value is -3.04. The second-order valence-corrected chi connectivity index (χ2v) is 7.88. The summed E-state index contributed by atoms with van der Waals surface area (Å²) in [6.45, 7) is 0.175. The van der Waals surface area contributed by atoms with Crippen molar-refractivity contribution in [2.24, 2.45) is 0 Å². The van der Waals surface area contributed by atoms with Crippen molar-refractivity contribution in [3.05, 3.63) is 58.5 Å². The zero-order chi connectivity index (χ0) is 20.4. The van der Waals surface area contributed by atoms with Crippen molar-refractivity contribution in [3.8, 4) is 17.2 Å². The highest BCUT2D eigenvalue weighted by atomic mass is 32.2. The number of thiocarbonyl (C=S) groups is 1. The van der Waals surface area contributed by atoms with E-state index in [1.54, 1.807) is 18.2 Å². The molecule has 1 amide bonds. The molecule has 7 nitrogen and oxygen atoms in total. The van der Waals surface area contributed by atoms with Crippen LogP contribution in [0, 0.1) is 0 Å². The number of rotatable bonds is 6. The Morgan fingerprint density at radius 3 is 2.72 bits per heavy atom. The lowest BCUT2D eigenvalue weighted by atomic mass is 10.2. The summed E-state index contributed by atoms with van der Waals surface area (Å²) in [4.78, 5) is 24.6. The molecule has 1 fully saturated rings. The zero-order valence-electron chi connectivity index (χ0n) is 15.0. The van der Waals surface area contributed by atoms with E-state index in [1.165, 1.54) is 0 Å². The number of benzene rings is 2. The molecule has 0 bridgehead atoms. The Kier molecular flexibility index (Phi) is 5.41. The van der Waals surface area contributed by atoms with Gasteiger partial charge in [-0.3, -0.25) is 14.5 Å². The first kappa shape index (κ1) is 19.3. The van der Waals surface area contributed by atoms with Crippen LogP contribution in [0.4, 0.5) is 0 Å². The summed E-state index contributed by atoms with van der Waals surface area (Å²) in [6, 6.07) is 12.9. The fraction of sp³-hybridized carbons (Fsp3) is 0.150. The monoisotopic (exact) mass is 429 g/mol. The summed E-state index contributed by atoms with van der Waals surface area (Å²) in [5.41, 5.74) is 1.75. The van der Waals surface area contributed by atoms with Gasteiger partial charge in [-0.25, -0.2) is 0 Å². The van der Waals surface area contributed by atoms with Crippen LogP contribution in [-0.4, -0.2) is 39.5 Å². The number of nitrogens with zero attached hydrogens (tertiary/aromatic N) is 1. The van der Waals surface area contributed by atoms with E-state index >= 15 is 0 Å². The first-order valence-electron chi connectivity index (χ1n) is 8.58. The summed E-state index contributed by atoms with van der Waals surface area (Å²) in [5, 5.41) is 8.89. The minimum Gasteiger partial charge on any atom is -0.489 e. The molecule has 0 radical (unpaired) electrons. The molecule has 1 N–H and O–H groups in total. The fourth-order valence-corrected chi connectivity index (χ4v) is 4.04. The first-order valence-corrected chi connectivity index (χ1v) is 9.80. The molecule has 9 heteroatoms. The van der Waals surface area contributed by atoms with Crippen molar-refractivity contribution < 1.29 is 28.9 Å². The predicted octanol–water partition coefficient (Wildman–Crippen LogP) is 3.28. The molecule has 148 valence electrons. The van der Waals surface area contributed by atoms with Gasteiger partial charge in [0.1, 0.15) is 23.2 Å². The zero-order valence-corrected chi connectivity index (χ0v) is 16.6. The predicted molar refractivity (Wildman–Crippen MR) is 111 cm³/mol. The molecule has 0 spiro atoms. The molecule has 2 aromatic rings. The number of hydrogen-bond donors (Lipinski definition) is 1. The molecule has 0 saturated carbocycles. The van der Waals surface area contributed by atoms with Crippen molar-refractivity contribution >= 4 is 46.3 Å². The van der Waals surface area contributed by atoms with E-state index in [0.29, 0.717) is 23.0 Å². The minimum absolute atomic E-state index is 0.232. The largest absolute Gasteiger partial charge is 0.489 e. The van der Waals surface area contributed by atoms with Crippen LogP contribution in [0.1, 0.15) is 11.1 Å². The van der Waals surface area contributed by atoms with Crippen LogP contribution in [-0.2, 0) is 16.2 Å². The lowest BCUT2D eigenvalue weighted by Gasteiger charge is -2.10. The Bertz CT molecular complexity index is 1020. The second kappa shape index (κ2) is 8.14. The van der Waals surface area contributed by atoms with Gasteiger partial charge in [-0.2, -0.15) is 0 Å². The van der Waals surface area contributed by atoms with E-state index in [2.05, 4.69) is 0 Å². The van der Waals surface area contributed by atoms with Gasteiger partial charge in [0, 0.05) is 0 Å². The molecule has 0 aromatic heterocycles. The van der Waals surface area contributed by atoms with Gasteiger partial charge in [-0.05, 0) is 41.5 Å². The van der Waals surface area contributed by atoms with E-state index in [9.17, 15) is 9.59 Å². The Balaban J connectivity index is 1.39. The van der Waals surface area contributed by atoms with E-state index in [0.717, 1.165) is 33.5 Å². The molecular formula is C20H15NO6S2. The Morgan fingerprint density at radius 2 is 1.97 bits per heavy atom. The van der Waals surface area contributed by atoms with E-state index in [1.807, 2.05) is 30.3 Å². The number of aliphatic carboxylic acids is 1. The van der Waals surface area contributed by atoms with Crippen molar-refractivity contribution in [2.75, 3.05) is 13.3 Å². The van der Waals surface area contributed by atoms with Gasteiger partial charge in [-0.1, -0.05) is 42.2 Å². The SMILES string of the molecule is O=C(O)CN1C(=O)C(=Cc2ccc(OCc3ccc4c(c3)OCO4)cc2)SC1=S. The van der Waals surface area contributed by atoms with E-state index in [-0.39, 0.29) is 11.1 Å². The third-order valence-corrected chi connectivity index (χ3v) is 5.57. The summed E-state index contributed by atoms with van der Waals surface area (Å²) in [5.74, 6) is 0.615. The van der Waals surface area contributed by atoms with Crippen LogP contribution < -0.4 is 14.2 Å². The molecule has 29 heavy (non-hydrogen) atoms. The smallest absolute Gasteiger partial charge is 0.323 e. The molecule has 1 saturated heterocycles. The average Bonchev–Trinajstić information content (AvgIpc) is 3.27. The molecule has 0 atom stereocenters. The second-order valence-electron chi connectivity index (χ2n) is 6.21. The van der Waals surface area contributed by atoms with Crippen molar-refractivity contribution in [1.82, 2.24) is 4.90 Å². The number of carbonyl (C=O) groups is 2. The van der Waals surface area contributed by atoms with Crippen LogP contribution in [0.2, 0.25) is 0 Å². The van der Waals surface area contributed by atoms with Gasteiger partial charge in [0.2, 0.25) is 6.79 Å². The number of ether oxygens (including phenoxy) is 3. The number of hydrogen-bond acceptors (Lipinski definition) is 7. The maximum atomic E-state index is 12.3. The Labute approximate surface area is 175 Å². The number of carboxylic acids is 1. The maximum absolute atomic E-state index is 12.3. The Morgan fingerprint density at radius 1 is 1.21 bits per heavy atom. The number of thioether (sulfide) groups is 1. The minimum atomic E-state index is -1.11. The number of amides is 1. The summed E-state index contributed by atoms with van der Waals surface area (Å²) in [6.07, 6.45) is 1.68. The molecule has 0 aliphatic carbocycles. The van der Waals surface area contributed by atoms with E-state index < -0.39 is 18.4 Å². The van der Waals surface area contributed by atoms with Gasteiger partial charge in [-0.15, -0.1) is 0 Å². The summed E-state index contributed by atoms with van der Waals surface area (Å²) in [7, 11) is 0. The lowest BCUT2D eigenvalue weighted by molar-refractivity contribution is -0.140. The number of carbonyl (C=O) groups excluding carboxylic acids is 1. The lowest BCUT2D eigenvalue weighted by Crippen LogP contribution is -2.33. The molecular weight excluding hydrogens is 414 g/mol. The van der Waals surface area contributed by atoms with Crippen LogP contribution in [0.3, 0.4) is 0 Å². The highest BCUT2D eigenvalue weighted by Gasteiger charge is 2.33. The van der Waals surface area contributed by atoms with E-state index in [4.69, 9.17) is 31.5 Å². The molecule has 2 aromatic carbocycles. The van der Waals surface area contributed by atoms with Crippen LogP contribution >= 0.6 is 24.0 Å². The molecule has 2 heterocycles. The molecule has 4 rings (SSSR count). The van der Waals surface area contributed by atoms with Gasteiger partial charge in [0.05, 0.1) is 4.91 Å². The highest BCUT2D eigenvalue weighted by Crippen LogP contribution is 2.34. The van der Waals surface area contributed by atoms with Crippen molar-refractivity contribution in [2.45, 2.75) is 6.61 Å². The quantitative estimate of drug-likeness (QED) is 0.553. The van der Waals surface area contributed by atoms with Gasteiger partial charge in [0.25, 0.3) is 5.91 Å². The van der Waals surface area contributed by atoms with Crippen LogP contribution in [0.25, 0.3) is 6.08 Å².